The number of nitrogens with zero attached hydrogens (tertiary/aromatic N) is 3. The lowest BCUT2D eigenvalue weighted by Crippen LogP contribution is -2.18. The lowest BCUT2D eigenvalue weighted by molar-refractivity contribution is -0.120. The van der Waals surface area contributed by atoms with Gasteiger partial charge in [-0.05, 0) is 29.2 Å². The van der Waals surface area contributed by atoms with E-state index in [-0.39, 0.29) is 22.7 Å². The number of carbonyl (C=O) groups is 1. The molecule has 122 valence electrons. The highest BCUT2D eigenvalue weighted by Gasteiger charge is 2.17. The molecule has 5 nitrogen and oxygen atoms in total. The second-order valence-electron chi connectivity index (χ2n) is 8.08. The molecule has 0 aromatic rings. The van der Waals surface area contributed by atoms with Crippen LogP contribution in [-0.2, 0) is 9.53 Å². The molecule has 0 saturated carbocycles. The Labute approximate surface area is 129 Å². The van der Waals surface area contributed by atoms with Gasteiger partial charge in [0.1, 0.15) is 5.78 Å². The summed E-state index contributed by atoms with van der Waals surface area (Å²) in [6.07, 6.45) is 2.32. The molecule has 0 fully saturated rings. The summed E-state index contributed by atoms with van der Waals surface area (Å²) in [6, 6.07) is -0.154. The molecular weight excluding hydrogens is 266 g/mol. The van der Waals surface area contributed by atoms with Gasteiger partial charge in [0.05, 0.1) is 6.61 Å². The van der Waals surface area contributed by atoms with E-state index in [4.69, 9.17) is 10.3 Å². The molecule has 0 aliphatic heterocycles. The lowest BCUT2D eigenvalue weighted by Gasteiger charge is -2.19. The highest BCUT2D eigenvalue weighted by atomic mass is 16.5. The summed E-state index contributed by atoms with van der Waals surface area (Å²) in [4.78, 5) is 14.7. The molecule has 21 heavy (non-hydrogen) atoms. The first-order valence-electron chi connectivity index (χ1n) is 7.67. The van der Waals surface area contributed by atoms with Gasteiger partial charge in [-0.1, -0.05) is 46.7 Å². The van der Waals surface area contributed by atoms with Crippen LogP contribution in [0.15, 0.2) is 5.11 Å². The first-order chi connectivity index (χ1) is 9.53. The molecule has 0 heterocycles. The highest BCUT2D eigenvalue weighted by molar-refractivity contribution is 5.78. The fourth-order valence-electron chi connectivity index (χ4n) is 1.94. The largest absolute Gasteiger partial charge is 0.381 e. The summed E-state index contributed by atoms with van der Waals surface area (Å²) < 4.78 is 5.59. The number of carbonyl (C=O) groups excluding carboxylic acids is 1. The monoisotopic (exact) mass is 297 g/mol. The predicted octanol–water partition coefficient (Wildman–Crippen LogP) is 4.90. The molecule has 0 aliphatic carbocycles. The average molecular weight is 297 g/mol. The van der Waals surface area contributed by atoms with Crippen LogP contribution in [-0.4, -0.2) is 25.0 Å². The minimum Gasteiger partial charge on any atom is -0.381 e. The zero-order valence-corrected chi connectivity index (χ0v) is 14.5. The van der Waals surface area contributed by atoms with E-state index in [1.807, 2.05) is 0 Å². The summed E-state index contributed by atoms with van der Waals surface area (Å²) in [6.45, 7) is 13.7. The van der Waals surface area contributed by atoms with Gasteiger partial charge in [-0.15, -0.1) is 0 Å². The van der Waals surface area contributed by atoms with Crippen molar-refractivity contribution in [2.24, 2.45) is 15.9 Å². The molecule has 0 amide bonds. The van der Waals surface area contributed by atoms with E-state index in [0.717, 1.165) is 0 Å². The van der Waals surface area contributed by atoms with Crippen molar-refractivity contribution in [3.05, 3.63) is 10.4 Å². The van der Waals surface area contributed by atoms with Crippen molar-refractivity contribution in [1.82, 2.24) is 0 Å². The quantitative estimate of drug-likeness (QED) is 0.262. The maximum Gasteiger partial charge on any atom is 0.133 e. The first kappa shape index (κ1) is 19.9. The van der Waals surface area contributed by atoms with Gasteiger partial charge >= 0.3 is 0 Å². The fraction of sp³-hybridized carbons (Fsp3) is 0.938. The van der Waals surface area contributed by atoms with Gasteiger partial charge in [-0.3, -0.25) is 4.79 Å². The molecule has 0 spiro atoms. The molecular formula is C16H31N3O2. The van der Waals surface area contributed by atoms with E-state index >= 15 is 0 Å². The molecule has 0 aromatic heterocycles. The van der Waals surface area contributed by atoms with Gasteiger partial charge in [0.15, 0.2) is 0 Å². The van der Waals surface area contributed by atoms with Gasteiger partial charge < -0.3 is 4.74 Å². The third-order valence-corrected chi connectivity index (χ3v) is 2.83. The average Bonchev–Trinajstić information content (AvgIpc) is 2.27. The number of ketones is 1. The van der Waals surface area contributed by atoms with Crippen LogP contribution in [0.5, 0.6) is 0 Å². The number of rotatable bonds is 9. The molecule has 0 N–H and O–H groups in total. The SMILES string of the molecule is CC(C)(C)COCCC(CCC(=O)CC(C)(C)C)N=[N+]=[N-]. The van der Waals surface area contributed by atoms with Gasteiger partial charge in [-0.2, -0.15) is 0 Å². The van der Waals surface area contributed by atoms with Crippen molar-refractivity contribution in [1.29, 1.82) is 0 Å². The van der Waals surface area contributed by atoms with Gasteiger partial charge in [0.2, 0.25) is 0 Å². The normalized spacial score (nSPS) is 13.6. The van der Waals surface area contributed by atoms with Gasteiger partial charge in [-0.25, -0.2) is 0 Å². The third kappa shape index (κ3) is 13.7. The third-order valence-electron chi connectivity index (χ3n) is 2.83. The van der Waals surface area contributed by atoms with Crippen LogP contribution in [0.4, 0.5) is 0 Å². The maximum atomic E-state index is 11.9. The number of ether oxygens (including phenoxy) is 1. The molecule has 0 rings (SSSR count). The van der Waals surface area contributed by atoms with Crippen molar-refractivity contribution in [2.45, 2.75) is 73.3 Å². The summed E-state index contributed by atoms with van der Waals surface area (Å²) in [7, 11) is 0. The molecule has 5 heteroatoms. The summed E-state index contributed by atoms with van der Waals surface area (Å²) in [5.41, 5.74) is 8.76. The van der Waals surface area contributed by atoms with Crippen molar-refractivity contribution >= 4 is 5.78 Å². The molecule has 1 unspecified atom stereocenters. The fourth-order valence-corrected chi connectivity index (χ4v) is 1.94. The molecule has 0 bridgehead atoms. The summed E-state index contributed by atoms with van der Waals surface area (Å²) >= 11 is 0. The predicted molar refractivity (Wildman–Crippen MR) is 86.1 cm³/mol. The summed E-state index contributed by atoms with van der Waals surface area (Å²) in [5, 5.41) is 3.77. The Morgan fingerprint density at radius 2 is 1.76 bits per heavy atom. The Hall–Kier alpha value is -1.06. The van der Waals surface area contributed by atoms with Crippen LogP contribution in [0.3, 0.4) is 0 Å². The highest BCUT2D eigenvalue weighted by Crippen LogP contribution is 2.21. The first-order valence-corrected chi connectivity index (χ1v) is 7.67. The van der Waals surface area contributed by atoms with Crippen LogP contribution < -0.4 is 0 Å². The van der Waals surface area contributed by atoms with E-state index in [1.165, 1.54) is 0 Å². The molecule has 0 aromatic carbocycles. The Morgan fingerprint density at radius 1 is 1.14 bits per heavy atom. The second kappa shape index (κ2) is 9.06. The molecule has 0 radical (unpaired) electrons. The Morgan fingerprint density at radius 3 is 2.24 bits per heavy atom. The van der Waals surface area contributed by atoms with Crippen molar-refractivity contribution in [2.75, 3.05) is 13.2 Å². The number of hydrogen-bond acceptors (Lipinski definition) is 3. The molecule has 1 atom stereocenters. The van der Waals surface area contributed by atoms with E-state index < -0.39 is 0 Å². The number of azide groups is 1. The van der Waals surface area contributed by atoms with Crippen molar-refractivity contribution < 1.29 is 9.53 Å². The minimum absolute atomic E-state index is 0.0148. The van der Waals surface area contributed by atoms with Crippen LogP contribution >= 0.6 is 0 Å². The second-order valence-corrected chi connectivity index (χ2v) is 8.08. The lowest BCUT2D eigenvalue weighted by atomic mass is 9.88. The summed E-state index contributed by atoms with van der Waals surface area (Å²) in [5.74, 6) is 0.233. The number of hydrogen-bond donors (Lipinski definition) is 0. The van der Waals surface area contributed by atoms with E-state index in [9.17, 15) is 4.79 Å². The topological polar surface area (TPSA) is 75.1 Å². The number of Topliss-reactive ketones (excluding diaryl/α,β-unsaturated/α-hetero) is 1. The Balaban J connectivity index is 4.08. The van der Waals surface area contributed by atoms with Crippen LogP contribution in [0.25, 0.3) is 10.4 Å². The van der Waals surface area contributed by atoms with Crippen molar-refractivity contribution in [3.8, 4) is 0 Å². The standard InChI is InChI=1S/C16H31N3O2/c1-15(2,3)11-14(20)8-7-13(18-19-17)9-10-21-12-16(4,5)6/h13H,7-12H2,1-6H3. The zero-order chi connectivity index (χ0) is 16.5. The van der Waals surface area contributed by atoms with Crippen LogP contribution in [0, 0.1) is 10.8 Å². The van der Waals surface area contributed by atoms with Gasteiger partial charge in [0.25, 0.3) is 0 Å². The molecule has 0 aliphatic rings. The van der Waals surface area contributed by atoms with E-state index in [2.05, 4.69) is 51.6 Å². The maximum absolute atomic E-state index is 11.9. The van der Waals surface area contributed by atoms with E-state index in [1.54, 1.807) is 0 Å². The smallest absolute Gasteiger partial charge is 0.133 e. The van der Waals surface area contributed by atoms with E-state index in [0.29, 0.717) is 38.9 Å². The van der Waals surface area contributed by atoms with Gasteiger partial charge in [0, 0.05) is 30.4 Å². The minimum atomic E-state index is -0.154. The Kier molecular flexibility index (Phi) is 8.60. The molecule has 0 saturated heterocycles. The Bertz CT molecular complexity index is 361. The van der Waals surface area contributed by atoms with Crippen LogP contribution in [0.2, 0.25) is 0 Å². The zero-order valence-electron chi connectivity index (χ0n) is 14.5. The van der Waals surface area contributed by atoms with Crippen LogP contribution in [0.1, 0.15) is 67.2 Å². The van der Waals surface area contributed by atoms with Crippen molar-refractivity contribution in [3.63, 3.8) is 0 Å².